The summed E-state index contributed by atoms with van der Waals surface area (Å²) in [5.41, 5.74) is 0.917. The van der Waals surface area contributed by atoms with Crippen molar-refractivity contribution in [2.75, 3.05) is 47.9 Å². The molecule has 0 bridgehead atoms. The van der Waals surface area contributed by atoms with Crippen LogP contribution in [-0.4, -0.2) is 69.7 Å². The quantitative estimate of drug-likeness (QED) is 0.815. The topological polar surface area (TPSA) is 54.0 Å². The maximum Gasteiger partial charge on any atom is 0.234 e. The lowest BCUT2D eigenvalue weighted by atomic mass is 10.0. The Morgan fingerprint density at radius 3 is 2.76 bits per heavy atom. The van der Waals surface area contributed by atoms with E-state index in [-0.39, 0.29) is 11.9 Å². The molecule has 1 N–H and O–H groups in total. The van der Waals surface area contributed by atoms with E-state index in [4.69, 9.17) is 9.47 Å². The average Bonchev–Trinajstić information content (AvgIpc) is 2.61. The van der Waals surface area contributed by atoms with Crippen molar-refractivity contribution < 1.29 is 14.3 Å². The van der Waals surface area contributed by atoms with Gasteiger partial charge in [-0.05, 0) is 58.6 Å². The highest BCUT2D eigenvalue weighted by molar-refractivity contribution is 5.78. The molecule has 0 saturated carbocycles. The van der Waals surface area contributed by atoms with Crippen molar-refractivity contribution in [3.05, 3.63) is 23.8 Å². The number of rotatable bonds is 7. The predicted molar refractivity (Wildman–Crippen MR) is 99.3 cm³/mol. The number of likely N-dealkylation sites (tertiary alicyclic amines) is 1. The van der Waals surface area contributed by atoms with Crippen LogP contribution in [0.2, 0.25) is 0 Å². The highest BCUT2D eigenvalue weighted by atomic mass is 16.5. The molecule has 1 aliphatic rings. The molecule has 25 heavy (non-hydrogen) atoms. The highest BCUT2D eigenvalue weighted by Crippen LogP contribution is 2.29. The standard InChI is InChI=1S/C19H31N3O3/c1-14(17-11-16(24-4)8-9-18(17)25-5)20-19(23)13-22-10-6-7-15(12-22)21(2)3/h8-9,11,14-15H,6-7,10,12-13H2,1-5H3,(H,20,23)/t14-,15+/m1/s1. The molecule has 0 spiro atoms. The molecule has 1 fully saturated rings. The number of amides is 1. The van der Waals surface area contributed by atoms with Gasteiger partial charge in [0.25, 0.3) is 0 Å². The van der Waals surface area contributed by atoms with Crippen molar-refractivity contribution in [1.29, 1.82) is 0 Å². The molecule has 140 valence electrons. The van der Waals surface area contributed by atoms with E-state index in [1.807, 2.05) is 25.1 Å². The molecular weight excluding hydrogens is 318 g/mol. The van der Waals surface area contributed by atoms with E-state index >= 15 is 0 Å². The Labute approximate surface area is 151 Å². The third-order valence-electron chi connectivity index (χ3n) is 4.86. The van der Waals surface area contributed by atoms with Gasteiger partial charge < -0.3 is 19.7 Å². The number of carbonyl (C=O) groups is 1. The van der Waals surface area contributed by atoms with Crippen LogP contribution >= 0.6 is 0 Å². The van der Waals surface area contributed by atoms with E-state index in [2.05, 4.69) is 29.2 Å². The van der Waals surface area contributed by atoms with Gasteiger partial charge in [-0.1, -0.05) is 0 Å². The Hall–Kier alpha value is -1.79. The van der Waals surface area contributed by atoms with Gasteiger partial charge in [-0.25, -0.2) is 0 Å². The van der Waals surface area contributed by atoms with Crippen molar-refractivity contribution >= 4 is 5.91 Å². The maximum absolute atomic E-state index is 12.5. The molecule has 0 unspecified atom stereocenters. The van der Waals surface area contributed by atoms with Crippen LogP contribution in [0.15, 0.2) is 18.2 Å². The summed E-state index contributed by atoms with van der Waals surface area (Å²) in [7, 11) is 7.47. The summed E-state index contributed by atoms with van der Waals surface area (Å²) >= 11 is 0. The summed E-state index contributed by atoms with van der Waals surface area (Å²) in [5, 5.41) is 3.08. The third kappa shape index (κ3) is 5.34. The lowest BCUT2D eigenvalue weighted by Gasteiger charge is -2.35. The molecule has 1 aromatic rings. The van der Waals surface area contributed by atoms with Crippen molar-refractivity contribution in [2.45, 2.75) is 31.8 Å². The largest absolute Gasteiger partial charge is 0.497 e. The van der Waals surface area contributed by atoms with E-state index in [0.29, 0.717) is 12.6 Å². The van der Waals surface area contributed by atoms with Crippen molar-refractivity contribution in [2.24, 2.45) is 0 Å². The number of hydrogen-bond acceptors (Lipinski definition) is 5. The Kier molecular flexibility index (Phi) is 7.08. The monoisotopic (exact) mass is 349 g/mol. The first-order chi connectivity index (χ1) is 11.9. The first kappa shape index (κ1) is 19.5. The van der Waals surface area contributed by atoms with Gasteiger partial charge in [0.2, 0.25) is 5.91 Å². The van der Waals surface area contributed by atoms with Crippen LogP contribution in [0, 0.1) is 0 Å². The van der Waals surface area contributed by atoms with Crippen molar-refractivity contribution in [3.63, 3.8) is 0 Å². The van der Waals surface area contributed by atoms with Crippen LogP contribution in [0.4, 0.5) is 0 Å². The zero-order valence-corrected chi connectivity index (χ0v) is 16.0. The van der Waals surface area contributed by atoms with Crippen molar-refractivity contribution in [3.8, 4) is 11.5 Å². The molecule has 6 heteroatoms. The lowest BCUT2D eigenvalue weighted by molar-refractivity contribution is -0.123. The van der Waals surface area contributed by atoms with Crippen LogP contribution < -0.4 is 14.8 Å². The first-order valence-corrected chi connectivity index (χ1v) is 8.84. The molecule has 0 aliphatic carbocycles. The van der Waals surface area contributed by atoms with E-state index in [1.54, 1.807) is 14.2 Å². The second-order valence-electron chi connectivity index (χ2n) is 6.89. The fourth-order valence-corrected chi connectivity index (χ4v) is 3.34. The number of ether oxygens (including phenoxy) is 2. The first-order valence-electron chi connectivity index (χ1n) is 8.84. The summed E-state index contributed by atoms with van der Waals surface area (Å²) in [5.74, 6) is 1.54. The second-order valence-corrected chi connectivity index (χ2v) is 6.89. The minimum atomic E-state index is -0.146. The molecule has 6 nitrogen and oxygen atoms in total. The van der Waals surface area contributed by atoms with E-state index in [9.17, 15) is 4.79 Å². The number of carbonyl (C=O) groups excluding carboxylic acids is 1. The smallest absolute Gasteiger partial charge is 0.234 e. The predicted octanol–water partition coefficient (Wildman–Crippen LogP) is 1.91. The van der Waals surface area contributed by atoms with E-state index < -0.39 is 0 Å². The van der Waals surface area contributed by atoms with Crippen LogP contribution in [0.1, 0.15) is 31.4 Å². The SMILES string of the molecule is COc1ccc(OC)c([C@@H](C)NC(=O)CN2CCC[C@H](N(C)C)C2)c1. The van der Waals surface area contributed by atoms with Gasteiger partial charge in [0.1, 0.15) is 11.5 Å². The minimum Gasteiger partial charge on any atom is -0.497 e. The molecule has 1 aliphatic heterocycles. The lowest BCUT2D eigenvalue weighted by Crippen LogP contribution is -2.48. The molecule has 1 aromatic carbocycles. The van der Waals surface area contributed by atoms with Gasteiger partial charge in [-0.2, -0.15) is 0 Å². The van der Waals surface area contributed by atoms with Crippen LogP contribution in [0.5, 0.6) is 11.5 Å². The molecular formula is C19H31N3O3. The average molecular weight is 349 g/mol. The van der Waals surface area contributed by atoms with Crippen LogP contribution in [0.25, 0.3) is 0 Å². The normalized spacial score (nSPS) is 19.5. The number of benzene rings is 1. The summed E-state index contributed by atoms with van der Waals surface area (Å²) in [6.07, 6.45) is 2.33. The Morgan fingerprint density at radius 2 is 2.12 bits per heavy atom. The summed E-state index contributed by atoms with van der Waals surface area (Å²) < 4.78 is 10.7. The second kappa shape index (κ2) is 9.06. The van der Waals surface area contributed by atoms with Crippen LogP contribution in [-0.2, 0) is 4.79 Å². The molecule has 2 atom stereocenters. The maximum atomic E-state index is 12.5. The zero-order valence-electron chi connectivity index (χ0n) is 16.0. The van der Waals surface area contributed by atoms with Gasteiger partial charge in [0.05, 0.1) is 26.8 Å². The van der Waals surface area contributed by atoms with E-state index in [0.717, 1.165) is 36.6 Å². The summed E-state index contributed by atoms with van der Waals surface area (Å²) in [4.78, 5) is 17.0. The minimum absolute atomic E-state index is 0.0387. The van der Waals surface area contributed by atoms with Crippen molar-refractivity contribution in [1.82, 2.24) is 15.1 Å². The third-order valence-corrected chi connectivity index (χ3v) is 4.86. The molecule has 0 radical (unpaired) electrons. The number of nitrogens with zero attached hydrogens (tertiary/aromatic N) is 2. The molecule has 1 amide bonds. The fourth-order valence-electron chi connectivity index (χ4n) is 3.34. The van der Waals surface area contributed by atoms with Gasteiger partial charge in [0, 0.05) is 18.2 Å². The number of piperidine rings is 1. The fraction of sp³-hybridized carbons (Fsp3) is 0.632. The summed E-state index contributed by atoms with van der Waals surface area (Å²) in [6.45, 7) is 4.32. The Morgan fingerprint density at radius 1 is 1.36 bits per heavy atom. The van der Waals surface area contributed by atoms with Gasteiger partial charge in [-0.3, -0.25) is 9.69 Å². The number of methoxy groups -OCH3 is 2. The van der Waals surface area contributed by atoms with Crippen LogP contribution in [0.3, 0.4) is 0 Å². The summed E-state index contributed by atoms with van der Waals surface area (Å²) in [6, 6.07) is 6.01. The van der Waals surface area contributed by atoms with E-state index in [1.165, 1.54) is 6.42 Å². The molecule has 1 heterocycles. The number of likely N-dealkylation sites (N-methyl/N-ethyl adjacent to an activating group) is 1. The van der Waals surface area contributed by atoms with Gasteiger partial charge >= 0.3 is 0 Å². The highest BCUT2D eigenvalue weighted by Gasteiger charge is 2.23. The molecule has 0 aromatic heterocycles. The molecule has 1 saturated heterocycles. The molecule has 2 rings (SSSR count). The Bertz CT molecular complexity index is 577. The number of nitrogens with one attached hydrogen (secondary N) is 1. The van der Waals surface area contributed by atoms with Gasteiger partial charge in [-0.15, -0.1) is 0 Å². The number of hydrogen-bond donors (Lipinski definition) is 1. The van der Waals surface area contributed by atoms with Gasteiger partial charge in [0.15, 0.2) is 0 Å². The zero-order chi connectivity index (χ0) is 18.4. The Balaban J connectivity index is 1.96.